The number of benzene rings is 1. The van der Waals surface area contributed by atoms with Gasteiger partial charge in [0.25, 0.3) is 0 Å². The molecule has 1 aromatic heterocycles. The molecule has 1 N–H and O–H groups in total. The van der Waals surface area contributed by atoms with Crippen LogP contribution in [0.3, 0.4) is 0 Å². The lowest BCUT2D eigenvalue weighted by Crippen LogP contribution is -2.11. The van der Waals surface area contributed by atoms with Gasteiger partial charge in [-0.05, 0) is 42.2 Å². The van der Waals surface area contributed by atoms with E-state index in [9.17, 15) is 4.79 Å². The first-order valence-corrected chi connectivity index (χ1v) is 6.70. The van der Waals surface area contributed by atoms with Crippen molar-refractivity contribution in [3.05, 3.63) is 59.6 Å². The van der Waals surface area contributed by atoms with Crippen LogP contribution < -0.4 is 5.32 Å². The van der Waals surface area contributed by atoms with E-state index in [2.05, 4.69) is 19.2 Å². The lowest BCUT2D eigenvalue weighted by Gasteiger charge is -2.15. The quantitative estimate of drug-likeness (QED) is 0.838. The van der Waals surface area contributed by atoms with Crippen LogP contribution in [-0.4, -0.2) is 5.91 Å². The molecule has 0 unspecified atom stereocenters. The number of rotatable bonds is 4. The minimum atomic E-state index is -0.155. The molecule has 1 heterocycles. The molecule has 2 aromatic rings. The summed E-state index contributed by atoms with van der Waals surface area (Å²) < 4.78 is 5.15. The van der Waals surface area contributed by atoms with E-state index in [1.165, 1.54) is 6.08 Å². The molecule has 0 aliphatic heterocycles. The van der Waals surface area contributed by atoms with Gasteiger partial charge in [0.2, 0.25) is 5.91 Å². The van der Waals surface area contributed by atoms with Crippen molar-refractivity contribution in [1.29, 1.82) is 0 Å². The van der Waals surface area contributed by atoms with Crippen molar-refractivity contribution in [1.82, 2.24) is 0 Å². The van der Waals surface area contributed by atoms with Crippen LogP contribution in [0.2, 0.25) is 0 Å². The monoisotopic (exact) mass is 269 g/mol. The summed E-state index contributed by atoms with van der Waals surface area (Å²) in [4.78, 5) is 12.0. The summed E-state index contributed by atoms with van der Waals surface area (Å²) in [5.74, 6) is 0.867. The standard InChI is InChI=1S/C17H19NO2/c1-12(2)15-8-4-6-13(3)17(15)18-16(19)10-9-14-7-5-11-20-14/h4-12H,1-3H3,(H,18,19). The molecule has 3 nitrogen and oxygen atoms in total. The molecule has 0 radical (unpaired) electrons. The van der Waals surface area contributed by atoms with Crippen LogP contribution >= 0.6 is 0 Å². The van der Waals surface area contributed by atoms with Crippen LogP contribution in [0.5, 0.6) is 0 Å². The molecule has 1 amide bonds. The van der Waals surface area contributed by atoms with Crippen LogP contribution in [0.25, 0.3) is 6.08 Å². The Labute approximate surface area is 119 Å². The van der Waals surface area contributed by atoms with Crippen molar-refractivity contribution in [2.45, 2.75) is 26.7 Å². The maximum atomic E-state index is 12.0. The molecule has 0 fully saturated rings. The van der Waals surface area contributed by atoms with E-state index in [-0.39, 0.29) is 5.91 Å². The van der Waals surface area contributed by atoms with Gasteiger partial charge in [0.05, 0.1) is 6.26 Å². The fourth-order valence-electron chi connectivity index (χ4n) is 2.05. The van der Waals surface area contributed by atoms with E-state index in [0.29, 0.717) is 11.7 Å². The molecule has 0 spiro atoms. The zero-order valence-electron chi connectivity index (χ0n) is 12.0. The Hall–Kier alpha value is -2.29. The Morgan fingerprint density at radius 2 is 2.05 bits per heavy atom. The van der Waals surface area contributed by atoms with Crippen LogP contribution in [0.15, 0.2) is 47.1 Å². The van der Waals surface area contributed by atoms with Gasteiger partial charge in [0, 0.05) is 11.8 Å². The molecule has 0 saturated carbocycles. The van der Waals surface area contributed by atoms with Crippen molar-refractivity contribution in [3.63, 3.8) is 0 Å². The van der Waals surface area contributed by atoms with Gasteiger partial charge in [-0.25, -0.2) is 0 Å². The van der Waals surface area contributed by atoms with Gasteiger partial charge < -0.3 is 9.73 Å². The number of carbonyl (C=O) groups is 1. The normalized spacial score (nSPS) is 11.2. The van der Waals surface area contributed by atoms with Gasteiger partial charge in [0.15, 0.2) is 0 Å². The summed E-state index contributed by atoms with van der Waals surface area (Å²) in [6, 6.07) is 9.65. The van der Waals surface area contributed by atoms with Gasteiger partial charge in [-0.1, -0.05) is 32.0 Å². The average Bonchev–Trinajstić information content (AvgIpc) is 2.91. The molecule has 1 aromatic carbocycles. The molecule has 104 valence electrons. The Morgan fingerprint density at radius 3 is 2.70 bits per heavy atom. The first-order valence-electron chi connectivity index (χ1n) is 6.70. The zero-order chi connectivity index (χ0) is 14.5. The number of amides is 1. The van der Waals surface area contributed by atoms with Crippen LogP contribution in [0.4, 0.5) is 5.69 Å². The number of hydrogen-bond donors (Lipinski definition) is 1. The van der Waals surface area contributed by atoms with E-state index in [1.807, 2.05) is 25.1 Å². The van der Waals surface area contributed by atoms with Gasteiger partial charge in [0.1, 0.15) is 5.76 Å². The summed E-state index contributed by atoms with van der Waals surface area (Å²) in [7, 11) is 0. The molecule has 2 rings (SSSR count). The Bertz CT molecular complexity index is 610. The predicted molar refractivity (Wildman–Crippen MR) is 81.6 cm³/mol. The predicted octanol–water partition coefficient (Wildman–Crippen LogP) is 4.36. The Balaban J connectivity index is 2.15. The number of carbonyl (C=O) groups excluding carboxylic acids is 1. The second-order valence-corrected chi connectivity index (χ2v) is 5.03. The molecule has 20 heavy (non-hydrogen) atoms. The van der Waals surface area contributed by atoms with Crippen LogP contribution in [0, 0.1) is 6.92 Å². The largest absolute Gasteiger partial charge is 0.465 e. The molecular weight excluding hydrogens is 250 g/mol. The highest BCUT2D eigenvalue weighted by Gasteiger charge is 2.10. The van der Waals surface area contributed by atoms with Gasteiger partial charge in [-0.3, -0.25) is 4.79 Å². The third kappa shape index (κ3) is 3.38. The Morgan fingerprint density at radius 1 is 1.25 bits per heavy atom. The van der Waals surface area contributed by atoms with Crippen molar-refractivity contribution < 1.29 is 9.21 Å². The van der Waals surface area contributed by atoms with Crippen LogP contribution in [-0.2, 0) is 4.79 Å². The first-order chi connectivity index (χ1) is 9.58. The topological polar surface area (TPSA) is 42.2 Å². The number of anilines is 1. The zero-order valence-corrected chi connectivity index (χ0v) is 12.0. The molecule has 3 heteroatoms. The minimum absolute atomic E-state index is 0.155. The second-order valence-electron chi connectivity index (χ2n) is 5.03. The summed E-state index contributed by atoms with van der Waals surface area (Å²) in [6.07, 6.45) is 4.72. The number of hydrogen-bond acceptors (Lipinski definition) is 2. The van der Waals surface area contributed by atoms with E-state index in [4.69, 9.17) is 4.42 Å². The molecule has 0 aliphatic rings. The number of para-hydroxylation sites is 1. The lowest BCUT2D eigenvalue weighted by atomic mass is 9.98. The Kier molecular flexibility index (Phi) is 4.41. The average molecular weight is 269 g/mol. The maximum absolute atomic E-state index is 12.0. The summed E-state index contributed by atoms with van der Waals surface area (Å²) in [6.45, 7) is 6.23. The summed E-state index contributed by atoms with van der Waals surface area (Å²) in [5.41, 5.74) is 3.11. The summed E-state index contributed by atoms with van der Waals surface area (Å²) in [5, 5.41) is 2.96. The van der Waals surface area contributed by atoms with Gasteiger partial charge in [-0.15, -0.1) is 0 Å². The van der Waals surface area contributed by atoms with E-state index in [0.717, 1.165) is 16.8 Å². The molecule has 0 atom stereocenters. The van der Waals surface area contributed by atoms with Crippen LogP contribution in [0.1, 0.15) is 36.7 Å². The third-order valence-corrected chi connectivity index (χ3v) is 3.12. The SMILES string of the molecule is Cc1cccc(C(C)C)c1NC(=O)C=Cc1ccco1. The van der Waals surface area contributed by atoms with Crippen molar-refractivity contribution in [2.75, 3.05) is 5.32 Å². The minimum Gasteiger partial charge on any atom is -0.465 e. The highest BCUT2D eigenvalue weighted by atomic mass is 16.3. The summed E-state index contributed by atoms with van der Waals surface area (Å²) >= 11 is 0. The number of furan rings is 1. The van der Waals surface area contributed by atoms with E-state index in [1.54, 1.807) is 24.5 Å². The van der Waals surface area contributed by atoms with E-state index < -0.39 is 0 Å². The highest BCUT2D eigenvalue weighted by Crippen LogP contribution is 2.27. The van der Waals surface area contributed by atoms with Crippen molar-refractivity contribution in [3.8, 4) is 0 Å². The highest BCUT2D eigenvalue weighted by molar-refractivity contribution is 6.02. The molecular formula is C17H19NO2. The first kappa shape index (κ1) is 14.1. The number of nitrogens with one attached hydrogen (secondary N) is 1. The number of aryl methyl sites for hydroxylation is 1. The van der Waals surface area contributed by atoms with E-state index >= 15 is 0 Å². The maximum Gasteiger partial charge on any atom is 0.248 e. The third-order valence-electron chi connectivity index (χ3n) is 3.12. The fourth-order valence-corrected chi connectivity index (χ4v) is 2.05. The van der Waals surface area contributed by atoms with Gasteiger partial charge in [-0.2, -0.15) is 0 Å². The van der Waals surface area contributed by atoms with Gasteiger partial charge >= 0.3 is 0 Å². The fraction of sp³-hybridized carbons (Fsp3) is 0.235. The lowest BCUT2D eigenvalue weighted by molar-refractivity contribution is -0.111. The van der Waals surface area contributed by atoms with Crippen molar-refractivity contribution in [2.24, 2.45) is 0 Å². The molecule has 0 aliphatic carbocycles. The van der Waals surface area contributed by atoms with Crippen molar-refractivity contribution >= 4 is 17.7 Å². The smallest absolute Gasteiger partial charge is 0.248 e. The molecule has 0 bridgehead atoms. The molecule has 0 saturated heterocycles. The second kappa shape index (κ2) is 6.24.